The van der Waals surface area contributed by atoms with Crippen LogP contribution < -0.4 is 5.32 Å². The van der Waals surface area contributed by atoms with Gasteiger partial charge >= 0.3 is 0 Å². The highest BCUT2D eigenvalue weighted by atomic mass is 32.2. The molecule has 1 heterocycles. The van der Waals surface area contributed by atoms with Crippen molar-refractivity contribution in [3.8, 4) is 0 Å². The minimum absolute atomic E-state index is 0.191. The first-order valence-electron chi connectivity index (χ1n) is 5.84. The summed E-state index contributed by atoms with van der Waals surface area (Å²) in [5.41, 5.74) is 0.539. The maximum absolute atomic E-state index is 12.1. The van der Waals surface area contributed by atoms with Gasteiger partial charge < -0.3 is 14.8 Å². The summed E-state index contributed by atoms with van der Waals surface area (Å²) in [6.07, 6.45) is 1.92. The summed E-state index contributed by atoms with van der Waals surface area (Å²) < 4.78 is 5.42. The Morgan fingerprint density at radius 2 is 2.00 bits per heavy atom. The Morgan fingerprint density at radius 3 is 2.44 bits per heavy atom. The molecule has 0 fully saturated rings. The van der Waals surface area contributed by atoms with Gasteiger partial charge in [-0.25, -0.2) is 0 Å². The summed E-state index contributed by atoms with van der Waals surface area (Å²) >= 11 is 1.55. The molecule has 0 radical (unpaired) electrons. The lowest BCUT2D eigenvalue weighted by Gasteiger charge is -2.22. The number of hydrogen-bond acceptors (Lipinski definition) is 4. The van der Waals surface area contributed by atoms with E-state index in [1.165, 1.54) is 0 Å². The molecule has 5 heteroatoms. The SMILES string of the molecule is CSCC(C)(O)CNC(=O)c1c(C)oc(C)c1C. The normalized spacial score (nSPS) is 14.3. The molecule has 1 aromatic rings. The molecule has 0 aliphatic heterocycles. The first-order valence-corrected chi connectivity index (χ1v) is 7.24. The molecule has 1 unspecified atom stereocenters. The van der Waals surface area contributed by atoms with Crippen LogP contribution in [0.15, 0.2) is 4.42 Å². The number of aryl methyl sites for hydroxylation is 2. The number of carbonyl (C=O) groups is 1. The van der Waals surface area contributed by atoms with Gasteiger partial charge in [-0.15, -0.1) is 0 Å². The van der Waals surface area contributed by atoms with Crippen molar-refractivity contribution in [1.29, 1.82) is 0 Å². The van der Waals surface area contributed by atoms with Crippen LogP contribution in [-0.2, 0) is 0 Å². The molecule has 0 bridgehead atoms. The van der Waals surface area contributed by atoms with Gasteiger partial charge in [-0.3, -0.25) is 4.79 Å². The van der Waals surface area contributed by atoms with E-state index in [2.05, 4.69) is 5.32 Å². The van der Waals surface area contributed by atoms with Crippen molar-refractivity contribution < 1.29 is 14.3 Å². The third-order valence-corrected chi connectivity index (χ3v) is 3.78. The minimum Gasteiger partial charge on any atom is -0.466 e. The van der Waals surface area contributed by atoms with Crippen LogP contribution in [-0.4, -0.2) is 35.2 Å². The number of aliphatic hydroxyl groups is 1. The summed E-state index contributed by atoms with van der Waals surface area (Å²) in [5, 5.41) is 12.8. The Labute approximate surface area is 112 Å². The Balaban J connectivity index is 2.72. The van der Waals surface area contributed by atoms with Crippen LogP contribution in [0, 0.1) is 20.8 Å². The third-order valence-electron chi connectivity index (χ3n) is 2.87. The molecule has 0 aliphatic carbocycles. The van der Waals surface area contributed by atoms with E-state index in [4.69, 9.17) is 4.42 Å². The molecule has 2 N–H and O–H groups in total. The summed E-state index contributed by atoms with van der Waals surface area (Å²) in [6.45, 7) is 7.42. The van der Waals surface area contributed by atoms with Crippen LogP contribution in [0.4, 0.5) is 0 Å². The van der Waals surface area contributed by atoms with Crippen molar-refractivity contribution >= 4 is 17.7 Å². The number of carbonyl (C=O) groups excluding carboxylic acids is 1. The van der Waals surface area contributed by atoms with Crippen molar-refractivity contribution in [2.75, 3.05) is 18.6 Å². The lowest BCUT2D eigenvalue weighted by Crippen LogP contribution is -2.42. The zero-order valence-electron chi connectivity index (χ0n) is 11.6. The maximum Gasteiger partial charge on any atom is 0.255 e. The molecule has 0 saturated heterocycles. The number of nitrogens with one attached hydrogen (secondary N) is 1. The van der Waals surface area contributed by atoms with Crippen LogP contribution in [0.3, 0.4) is 0 Å². The molecule has 0 saturated carbocycles. The number of furan rings is 1. The zero-order chi connectivity index (χ0) is 13.9. The van der Waals surface area contributed by atoms with E-state index < -0.39 is 5.60 Å². The van der Waals surface area contributed by atoms with E-state index in [1.807, 2.05) is 20.1 Å². The molecule has 18 heavy (non-hydrogen) atoms. The predicted molar refractivity (Wildman–Crippen MR) is 74.3 cm³/mol. The molecule has 1 aromatic heterocycles. The van der Waals surface area contributed by atoms with E-state index in [9.17, 15) is 9.90 Å². The summed E-state index contributed by atoms with van der Waals surface area (Å²) in [5.74, 6) is 1.76. The quantitative estimate of drug-likeness (QED) is 0.860. The second-order valence-electron chi connectivity index (χ2n) is 4.83. The highest BCUT2D eigenvalue weighted by molar-refractivity contribution is 7.98. The van der Waals surface area contributed by atoms with Gasteiger partial charge in [0.25, 0.3) is 5.91 Å². The van der Waals surface area contributed by atoms with Crippen molar-refractivity contribution in [2.24, 2.45) is 0 Å². The van der Waals surface area contributed by atoms with Crippen molar-refractivity contribution in [2.45, 2.75) is 33.3 Å². The minimum atomic E-state index is -0.893. The van der Waals surface area contributed by atoms with Crippen LogP contribution in [0.2, 0.25) is 0 Å². The zero-order valence-corrected chi connectivity index (χ0v) is 12.4. The molecule has 0 aliphatic rings. The van der Waals surface area contributed by atoms with Crippen LogP contribution in [0.1, 0.15) is 34.4 Å². The first-order chi connectivity index (χ1) is 8.28. The van der Waals surface area contributed by atoms with E-state index in [0.717, 1.165) is 11.3 Å². The number of thioether (sulfide) groups is 1. The van der Waals surface area contributed by atoms with Gasteiger partial charge in [0.15, 0.2) is 0 Å². The Hall–Kier alpha value is -0.940. The van der Waals surface area contributed by atoms with Gasteiger partial charge in [-0.2, -0.15) is 11.8 Å². The van der Waals surface area contributed by atoms with Gasteiger partial charge in [0.05, 0.1) is 11.2 Å². The molecule has 1 atom stereocenters. The van der Waals surface area contributed by atoms with E-state index in [0.29, 0.717) is 17.1 Å². The molecule has 1 rings (SSSR count). The Morgan fingerprint density at radius 1 is 1.39 bits per heavy atom. The second kappa shape index (κ2) is 5.80. The third kappa shape index (κ3) is 3.53. The standard InChI is InChI=1S/C13H21NO3S/c1-8-9(2)17-10(3)11(8)12(15)14-6-13(4,16)7-18-5/h16H,6-7H2,1-5H3,(H,14,15). The highest BCUT2D eigenvalue weighted by Crippen LogP contribution is 2.20. The summed E-state index contributed by atoms with van der Waals surface area (Å²) in [4.78, 5) is 12.1. The topological polar surface area (TPSA) is 62.5 Å². The fourth-order valence-electron chi connectivity index (χ4n) is 1.85. The van der Waals surface area contributed by atoms with Crippen molar-refractivity contribution in [3.63, 3.8) is 0 Å². The molecule has 4 nitrogen and oxygen atoms in total. The number of hydrogen-bond donors (Lipinski definition) is 2. The van der Waals surface area contributed by atoms with Crippen molar-refractivity contribution in [3.05, 3.63) is 22.6 Å². The maximum atomic E-state index is 12.1. The van der Waals surface area contributed by atoms with E-state index in [1.54, 1.807) is 25.6 Å². The lowest BCUT2D eigenvalue weighted by molar-refractivity contribution is 0.0724. The average molecular weight is 271 g/mol. The number of rotatable bonds is 5. The van der Waals surface area contributed by atoms with Crippen LogP contribution >= 0.6 is 11.8 Å². The first kappa shape index (κ1) is 15.1. The van der Waals surface area contributed by atoms with Gasteiger partial charge in [0.2, 0.25) is 0 Å². The van der Waals surface area contributed by atoms with Gasteiger partial charge in [-0.1, -0.05) is 0 Å². The second-order valence-corrected chi connectivity index (χ2v) is 5.69. The van der Waals surface area contributed by atoms with E-state index in [-0.39, 0.29) is 12.5 Å². The monoisotopic (exact) mass is 271 g/mol. The molecular formula is C13H21NO3S. The van der Waals surface area contributed by atoms with Crippen LogP contribution in [0.25, 0.3) is 0 Å². The predicted octanol–water partition coefficient (Wildman–Crippen LogP) is 2.05. The average Bonchev–Trinajstić information content (AvgIpc) is 2.50. The molecule has 102 valence electrons. The van der Waals surface area contributed by atoms with Crippen LogP contribution in [0.5, 0.6) is 0 Å². The highest BCUT2D eigenvalue weighted by Gasteiger charge is 2.23. The summed E-state index contributed by atoms with van der Waals surface area (Å²) in [6, 6.07) is 0. The molecule has 0 aromatic carbocycles. The van der Waals surface area contributed by atoms with E-state index >= 15 is 0 Å². The van der Waals surface area contributed by atoms with Gasteiger partial charge in [0, 0.05) is 17.9 Å². The summed E-state index contributed by atoms with van der Waals surface area (Å²) in [7, 11) is 0. The molecular weight excluding hydrogens is 250 g/mol. The van der Waals surface area contributed by atoms with Gasteiger partial charge in [0.1, 0.15) is 11.5 Å². The largest absolute Gasteiger partial charge is 0.466 e. The molecule has 0 spiro atoms. The Kier molecular flexibility index (Phi) is 4.87. The fourth-order valence-corrected chi connectivity index (χ4v) is 2.57. The van der Waals surface area contributed by atoms with Gasteiger partial charge in [-0.05, 0) is 34.0 Å². The smallest absolute Gasteiger partial charge is 0.255 e. The lowest BCUT2D eigenvalue weighted by atomic mass is 10.1. The molecule has 1 amide bonds. The Bertz CT molecular complexity index is 438. The number of amides is 1. The fraction of sp³-hybridized carbons (Fsp3) is 0.615. The van der Waals surface area contributed by atoms with Crippen molar-refractivity contribution in [1.82, 2.24) is 5.32 Å².